The van der Waals surface area contributed by atoms with Crippen molar-refractivity contribution >= 4 is 23.5 Å². The van der Waals surface area contributed by atoms with E-state index in [9.17, 15) is 14.0 Å². The number of rotatable bonds is 4. The molecule has 0 aliphatic carbocycles. The zero-order valence-corrected chi connectivity index (χ0v) is 10.8. The molecule has 0 spiro atoms. The molecule has 0 unspecified atom stereocenters. The third-order valence-corrected chi connectivity index (χ3v) is 2.78. The van der Waals surface area contributed by atoms with E-state index in [0.717, 1.165) is 6.07 Å². The molecule has 1 amide bonds. The minimum absolute atomic E-state index is 0.0300. The lowest BCUT2D eigenvalue weighted by Crippen LogP contribution is -2.36. The molecule has 1 rings (SSSR count). The SMILES string of the molecule is CCN(CC(=O)OC)C(=O)c1cccc(F)c1Cl. The van der Waals surface area contributed by atoms with Crippen molar-refractivity contribution in [2.24, 2.45) is 0 Å². The molecule has 0 aromatic heterocycles. The molecule has 0 fully saturated rings. The second kappa shape index (κ2) is 6.35. The highest BCUT2D eigenvalue weighted by atomic mass is 35.5. The van der Waals surface area contributed by atoms with E-state index >= 15 is 0 Å². The van der Waals surface area contributed by atoms with Crippen molar-refractivity contribution in [1.82, 2.24) is 4.90 Å². The number of amides is 1. The maximum atomic E-state index is 13.2. The molecule has 0 heterocycles. The molecule has 0 atom stereocenters. The summed E-state index contributed by atoms with van der Waals surface area (Å²) >= 11 is 5.72. The molecule has 0 saturated carbocycles. The van der Waals surface area contributed by atoms with Crippen LogP contribution in [0.15, 0.2) is 18.2 Å². The van der Waals surface area contributed by atoms with E-state index in [-0.39, 0.29) is 17.1 Å². The van der Waals surface area contributed by atoms with E-state index in [1.807, 2.05) is 0 Å². The monoisotopic (exact) mass is 273 g/mol. The Morgan fingerprint density at radius 3 is 2.67 bits per heavy atom. The molecule has 6 heteroatoms. The van der Waals surface area contributed by atoms with Gasteiger partial charge in [0.25, 0.3) is 5.91 Å². The quantitative estimate of drug-likeness (QED) is 0.790. The average molecular weight is 274 g/mol. The van der Waals surface area contributed by atoms with Gasteiger partial charge >= 0.3 is 5.97 Å². The molecule has 98 valence electrons. The zero-order chi connectivity index (χ0) is 13.7. The summed E-state index contributed by atoms with van der Waals surface area (Å²) in [6, 6.07) is 3.96. The van der Waals surface area contributed by atoms with Crippen molar-refractivity contribution < 1.29 is 18.7 Å². The van der Waals surface area contributed by atoms with Gasteiger partial charge in [-0.05, 0) is 19.1 Å². The van der Waals surface area contributed by atoms with E-state index in [0.29, 0.717) is 6.54 Å². The third-order valence-electron chi connectivity index (χ3n) is 2.40. The maximum Gasteiger partial charge on any atom is 0.325 e. The Labute approximate surface area is 109 Å². The standard InChI is InChI=1S/C12H13ClFNO3/c1-3-15(7-10(16)18-2)12(17)8-5-4-6-9(14)11(8)13/h4-6H,3,7H2,1-2H3. The van der Waals surface area contributed by atoms with Gasteiger partial charge in [-0.15, -0.1) is 0 Å². The van der Waals surface area contributed by atoms with Gasteiger partial charge in [-0.3, -0.25) is 9.59 Å². The second-order valence-electron chi connectivity index (χ2n) is 3.50. The van der Waals surface area contributed by atoms with Crippen LogP contribution in [0.3, 0.4) is 0 Å². The number of carbonyl (C=O) groups excluding carboxylic acids is 2. The van der Waals surface area contributed by atoms with Crippen LogP contribution in [0.1, 0.15) is 17.3 Å². The average Bonchev–Trinajstić information content (AvgIpc) is 2.38. The van der Waals surface area contributed by atoms with Gasteiger partial charge in [-0.2, -0.15) is 0 Å². The topological polar surface area (TPSA) is 46.6 Å². The molecule has 1 aromatic carbocycles. The first-order valence-corrected chi connectivity index (χ1v) is 5.69. The lowest BCUT2D eigenvalue weighted by molar-refractivity contribution is -0.141. The largest absolute Gasteiger partial charge is 0.468 e. The van der Waals surface area contributed by atoms with Crippen LogP contribution in [0.4, 0.5) is 4.39 Å². The van der Waals surface area contributed by atoms with Gasteiger partial charge < -0.3 is 9.64 Å². The van der Waals surface area contributed by atoms with E-state index < -0.39 is 17.7 Å². The Balaban J connectivity index is 2.97. The molecule has 0 radical (unpaired) electrons. The first-order chi connectivity index (χ1) is 8.51. The van der Waals surface area contributed by atoms with Gasteiger partial charge in [0.2, 0.25) is 0 Å². The Morgan fingerprint density at radius 2 is 2.11 bits per heavy atom. The Bertz CT molecular complexity index is 465. The fourth-order valence-electron chi connectivity index (χ4n) is 1.39. The summed E-state index contributed by atoms with van der Waals surface area (Å²) in [6.07, 6.45) is 0. The van der Waals surface area contributed by atoms with Crippen LogP contribution < -0.4 is 0 Å². The van der Waals surface area contributed by atoms with Crippen molar-refractivity contribution in [2.45, 2.75) is 6.92 Å². The van der Waals surface area contributed by atoms with Gasteiger partial charge in [-0.25, -0.2) is 4.39 Å². The van der Waals surface area contributed by atoms with Crippen molar-refractivity contribution in [1.29, 1.82) is 0 Å². The minimum Gasteiger partial charge on any atom is -0.468 e. The first kappa shape index (κ1) is 14.4. The van der Waals surface area contributed by atoms with Crippen molar-refractivity contribution in [3.8, 4) is 0 Å². The van der Waals surface area contributed by atoms with Crippen molar-refractivity contribution in [3.05, 3.63) is 34.6 Å². The van der Waals surface area contributed by atoms with E-state index in [1.54, 1.807) is 6.92 Å². The summed E-state index contributed by atoms with van der Waals surface area (Å²) in [5.74, 6) is -1.72. The lowest BCUT2D eigenvalue weighted by Gasteiger charge is -2.20. The number of halogens is 2. The van der Waals surface area contributed by atoms with Gasteiger partial charge in [0.15, 0.2) is 0 Å². The number of nitrogens with zero attached hydrogens (tertiary/aromatic N) is 1. The van der Waals surface area contributed by atoms with Crippen LogP contribution in [0.2, 0.25) is 5.02 Å². The smallest absolute Gasteiger partial charge is 0.325 e. The minimum atomic E-state index is -0.670. The van der Waals surface area contributed by atoms with Crippen LogP contribution in [0.25, 0.3) is 0 Å². The summed E-state index contributed by atoms with van der Waals surface area (Å²) in [5, 5.41) is -0.245. The van der Waals surface area contributed by atoms with Crippen LogP contribution in [-0.2, 0) is 9.53 Å². The molecule has 1 aromatic rings. The van der Waals surface area contributed by atoms with Crippen LogP contribution >= 0.6 is 11.6 Å². The van der Waals surface area contributed by atoms with Crippen LogP contribution in [-0.4, -0.2) is 37.0 Å². The maximum absolute atomic E-state index is 13.2. The van der Waals surface area contributed by atoms with Crippen LogP contribution in [0.5, 0.6) is 0 Å². The number of methoxy groups -OCH3 is 1. The van der Waals surface area contributed by atoms with E-state index in [4.69, 9.17) is 11.6 Å². The number of benzene rings is 1. The predicted octanol–water partition coefficient (Wildman–Crippen LogP) is 2.11. The van der Waals surface area contributed by atoms with Crippen molar-refractivity contribution in [3.63, 3.8) is 0 Å². The molecule has 0 aliphatic heterocycles. The van der Waals surface area contributed by atoms with E-state index in [1.165, 1.54) is 24.1 Å². The number of esters is 1. The van der Waals surface area contributed by atoms with E-state index in [2.05, 4.69) is 4.74 Å². The molecular formula is C12H13ClFNO3. The second-order valence-corrected chi connectivity index (χ2v) is 3.87. The molecule has 0 N–H and O–H groups in total. The highest BCUT2D eigenvalue weighted by molar-refractivity contribution is 6.34. The summed E-state index contributed by atoms with van der Waals surface area (Å²) in [6.45, 7) is 1.80. The summed E-state index contributed by atoms with van der Waals surface area (Å²) in [4.78, 5) is 24.4. The highest BCUT2D eigenvalue weighted by Crippen LogP contribution is 2.21. The lowest BCUT2D eigenvalue weighted by atomic mass is 10.2. The Hall–Kier alpha value is -1.62. The molecular weight excluding hydrogens is 261 g/mol. The Kier molecular flexibility index (Phi) is 5.09. The van der Waals surface area contributed by atoms with Gasteiger partial charge in [0.1, 0.15) is 12.4 Å². The summed E-state index contributed by atoms with van der Waals surface area (Å²) < 4.78 is 17.7. The van der Waals surface area contributed by atoms with Gasteiger partial charge in [0.05, 0.1) is 17.7 Å². The molecule has 0 bridgehead atoms. The Morgan fingerprint density at radius 1 is 1.44 bits per heavy atom. The molecule has 4 nitrogen and oxygen atoms in total. The fraction of sp³-hybridized carbons (Fsp3) is 0.333. The summed E-state index contributed by atoms with van der Waals surface area (Å²) in [5.41, 5.74) is 0.0300. The number of ether oxygens (including phenoxy) is 1. The predicted molar refractivity (Wildman–Crippen MR) is 65.0 cm³/mol. The normalized spacial score (nSPS) is 10.0. The number of hydrogen-bond acceptors (Lipinski definition) is 3. The number of hydrogen-bond donors (Lipinski definition) is 0. The molecule has 0 aliphatic rings. The van der Waals surface area contributed by atoms with Gasteiger partial charge in [-0.1, -0.05) is 17.7 Å². The van der Waals surface area contributed by atoms with Gasteiger partial charge in [0, 0.05) is 6.54 Å². The highest BCUT2D eigenvalue weighted by Gasteiger charge is 2.21. The number of carbonyl (C=O) groups is 2. The molecule has 18 heavy (non-hydrogen) atoms. The van der Waals surface area contributed by atoms with Crippen LogP contribution in [0, 0.1) is 5.82 Å². The molecule has 0 saturated heterocycles. The first-order valence-electron chi connectivity index (χ1n) is 5.31. The third kappa shape index (κ3) is 3.20. The fourth-order valence-corrected chi connectivity index (χ4v) is 1.59. The summed E-state index contributed by atoms with van der Waals surface area (Å²) in [7, 11) is 1.23. The number of likely N-dealkylation sites (N-methyl/N-ethyl adjacent to an activating group) is 1. The zero-order valence-electron chi connectivity index (χ0n) is 10.1. The van der Waals surface area contributed by atoms with Crippen molar-refractivity contribution in [2.75, 3.05) is 20.2 Å².